The second-order valence-electron chi connectivity index (χ2n) is 5.40. The summed E-state index contributed by atoms with van der Waals surface area (Å²) in [7, 11) is 0. The molecule has 0 bridgehead atoms. The van der Waals surface area contributed by atoms with Crippen molar-refractivity contribution in [2.45, 2.75) is 11.6 Å². The molecule has 0 unspecified atom stereocenters. The summed E-state index contributed by atoms with van der Waals surface area (Å²) < 4.78 is 0. The van der Waals surface area contributed by atoms with Crippen LogP contribution in [0.1, 0.15) is 5.56 Å². The van der Waals surface area contributed by atoms with Gasteiger partial charge in [0.1, 0.15) is 0 Å². The molecule has 8 heteroatoms. The molecule has 0 aliphatic carbocycles. The number of guanidine groups is 1. The molecule has 2 aromatic rings. The van der Waals surface area contributed by atoms with E-state index in [2.05, 4.69) is 29.7 Å². The number of thioether (sulfide) groups is 1. The Morgan fingerprint density at radius 2 is 1.92 bits per heavy atom. The Hall–Kier alpha value is -2.35. The van der Waals surface area contributed by atoms with Gasteiger partial charge in [0.25, 0.3) is 0 Å². The third-order valence-electron chi connectivity index (χ3n) is 3.87. The van der Waals surface area contributed by atoms with E-state index < -0.39 is 0 Å². The number of rotatable bonds is 4. The molecule has 7 nitrogen and oxygen atoms in total. The molecule has 3 rings (SSSR count). The number of nitrogens with zero attached hydrogens (tertiary/aromatic N) is 6. The molecule has 1 aliphatic rings. The van der Waals surface area contributed by atoms with Crippen molar-refractivity contribution < 1.29 is 0 Å². The first-order valence-corrected chi connectivity index (χ1v) is 9.04. The highest BCUT2D eigenvalue weighted by Crippen LogP contribution is 2.13. The Morgan fingerprint density at radius 1 is 1.17 bits per heavy atom. The average molecular weight is 343 g/mol. The van der Waals surface area contributed by atoms with Crippen LogP contribution in [0.25, 0.3) is 0 Å². The number of nitrogens with two attached hydrogens (primary N) is 1. The van der Waals surface area contributed by atoms with Crippen molar-refractivity contribution in [3.8, 4) is 0 Å². The summed E-state index contributed by atoms with van der Waals surface area (Å²) in [6, 6.07) is 5.85. The molecule has 0 aromatic carbocycles. The van der Waals surface area contributed by atoms with Gasteiger partial charge in [-0.1, -0.05) is 0 Å². The first-order valence-electron chi connectivity index (χ1n) is 7.82. The van der Waals surface area contributed by atoms with Crippen LogP contribution in [0.3, 0.4) is 0 Å². The lowest BCUT2D eigenvalue weighted by Gasteiger charge is -2.35. The summed E-state index contributed by atoms with van der Waals surface area (Å²) in [5.41, 5.74) is 7.28. The van der Waals surface area contributed by atoms with E-state index in [4.69, 9.17) is 5.73 Å². The van der Waals surface area contributed by atoms with Gasteiger partial charge in [0.15, 0.2) is 5.96 Å². The van der Waals surface area contributed by atoms with Crippen molar-refractivity contribution in [3.63, 3.8) is 0 Å². The Bertz CT molecular complexity index is 684. The number of anilines is 1. The highest BCUT2D eigenvalue weighted by atomic mass is 32.2. The molecule has 0 spiro atoms. The lowest BCUT2D eigenvalue weighted by molar-refractivity contribution is 0.378. The van der Waals surface area contributed by atoms with E-state index in [0.29, 0.717) is 12.5 Å². The summed E-state index contributed by atoms with van der Waals surface area (Å²) >= 11 is 1.62. The van der Waals surface area contributed by atoms with E-state index in [1.807, 2.05) is 30.7 Å². The maximum absolute atomic E-state index is 6.16. The summed E-state index contributed by atoms with van der Waals surface area (Å²) in [6.45, 7) is 3.89. The van der Waals surface area contributed by atoms with Crippen LogP contribution in [-0.2, 0) is 6.54 Å². The number of piperazine rings is 1. The van der Waals surface area contributed by atoms with E-state index in [-0.39, 0.29) is 0 Å². The zero-order chi connectivity index (χ0) is 16.8. The minimum absolute atomic E-state index is 0.573. The highest BCUT2D eigenvalue weighted by Gasteiger charge is 2.19. The third-order valence-corrected chi connectivity index (χ3v) is 4.51. The fourth-order valence-corrected chi connectivity index (χ4v) is 2.96. The topological polar surface area (TPSA) is 83.5 Å². The second-order valence-corrected chi connectivity index (χ2v) is 6.23. The van der Waals surface area contributed by atoms with Crippen LogP contribution in [-0.4, -0.2) is 58.2 Å². The van der Waals surface area contributed by atoms with Crippen LogP contribution < -0.4 is 10.6 Å². The van der Waals surface area contributed by atoms with E-state index in [9.17, 15) is 0 Å². The molecule has 3 heterocycles. The Morgan fingerprint density at radius 3 is 2.62 bits per heavy atom. The number of aliphatic imine (C=N–C) groups is 1. The standard InChI is InChI=1S/C16H21N7S/c1-24-14-11-13(3-6-18-14)12-21-15(17)22-7-9-23(10-8-22)16-19-4-2-5-20-16/h2-6,11H,7-10,12H2,1H3,(H2,17,21). The van der Waals surface area contributed by atoms with Gasteiger partial charge in [-0.05, 0) is 30.0 Å². The predicted molar refractivity (Wildman–Crippen MR) is 97.2 cm³/mol. The first kappa shape index (κ1) is 16.5. The molecule has 24 heavy (non-hydrogen) atoms. The van der Waals surface area contributed by atoms with Crippen molar-refractivity contribution in [1.29, 1.82) is 0 Å². The van der Waals surface area contributed by atoms with Crippen molar-refractivity contribution in [1.82, 2.24) is 19.9 Å². The third kappa shape index (κ3) is 4.14. The molecule has 1 fully saturated rings. The van der Waals surface area contributed by atoms with E-state index >= 15 is 0 Å². The molecule has 0 atom stereocenters. The Balaban J connectivity index is 1.55. The number of hydrogen-bond acceptors (Lipinski definition) is 6. The zero-order valence-electron chi connectivity index (χ0n) is 13.7. The first-order chi connectivity index (χ1) is 11.8. The van der Waals surface area contributed by atoms with E-state index in [1.165, 1.54) is 0 Å². The lowest BCUT2D eigenvalue weighted by Crippen LogP contribution is -2.51. The van der Waals surface area contributed by atoms with E-state index in [1.54, 1.807) is 24.2 Å². The largest absolute Gasteiger partial charge is 0.370 e. The Kier molecular flexibility index (Phi) is 5.47. The minimum Gasteiger partial charge on any atom is -0.370 e. The fourth-order valence-electron chi connectivity index (χ4n) is 2.52. The van der Waals surface area contributed by atoms with Crippen LogP contribution in [0.2, 0.25) is 0 Å². The summed E-state index contributed by atoms with van der Waals surface area (Å²) in [5.74, 6) is 1.36. The van der Waals surface area contributed by atoms with Gasteiger partial charge in [-0.15, -0.1) is 11.8 Å². The van der Waals surface area contributed by atoms with E-state index in [0.717, 1.165) is 42.7 Å². The Labute approximate surface area is 146 Å². The van der Waals surface area contributed by atoms with Crippen LogP contribution in [0, 0.1) is 0 Å². The fraction of sp³-hybridized carbons (Fsp3) is 0.375. The minimum atomic E-state index is 0.573. The number of pyridine rings is 1. The van der Waals surface area contributed by atoms with Crippen molar-refractivity contribution in [2.75, 3.05) is 37.3 Å². The van der Waals surface area contributed by atoms with Gasteiger partial charge in [0, 0.05) is 44.8 Å². The molecule has 2 N–H and O–H groups in total. The second kappa shape index (κ2) is 7.96. The maximum Gasteiger partial charge on any atom is 0.225 e. The van der Waals surface area contributed by atoms with Crippen LogP contribution in [0.5, 0.6) is 0 Å². The van der Waals surface area contributed by atoms with Gasteiger partial charge >= 0.3 is 0 Å². The molecule has 1 aliphatic heterocycles. The maximum atomic E-state index is 6.16. The molecule has 1 saturated heterocycles. The monoisotopic (exact) mass is 343 g/mol. The summed E-state index contributed by atoms with van der Waals surface area (Å²) in [4.78, 5) is 21.6. The van der Waals surface area contributed by atoms with Crippen LogP contribution in [0.4, 0.5) is 5.95 Å². The van der Waals surface area contributed by atoms with Gasteiger partial charge in [-0.2, -0.15) is 0 Å². The zero-order valence-corrected chi connectivity index (χ0v) is 14.5. The molecule has 0 amide bonds. The van der Waals surface area contributed by atoms with Gasteiger partial charge in [0.2, 0.25) is 5.95 Å². The molecule has 0 saturated carbocycles. The van der Waals surface area contributed by atoms with Crippen molar-refractivity contribution >= 4 is 23.7 Å². The molecule has 0 radical (unpaired) electrons. The number of hydrogen-bond donors (Lipinski definition) is 1. The van der Waals surface area contributed by atoms with Crippen LogP contribution >= 0.6 is 11.8 Å². The van der Waals surface area contributed by atoms with Crippen LogP contribution in [0.15, 0.2) is 46.8 Å². The van der Waals surface area contributed by atoms with Crippen molar-refractivity contribution in [2.24, 2.45) is 10.7 Å². The van der Waals surface area contributed by atoms with Crippen molar-refractivity contribution in [3.05, 3.63) is 42.4 Å². The van der Waals surface area contributed by atoms with Gasteiger partial charge in [-0.25, -0.2) is 19.9 Å². The molecular formula is C16H21N7S. The average Bonchev–Trinajstić information content (AvgIpc) is 2.67. The van der Waals surface area contributed by atoms with Gasteiger partial charge in [-0.3, -0.25) is 0 Å². The van der Waals surface area contributed by atoms with Gasteiger partial charge < -0.3 is 15.5 Å². The number of aromatic nitrogens is 3. The smallest absolute Gasteiger partial charge is 0.225 e. The summed E-state index contributed by atoms with van der Waals surface area (Å²) in [6.07, 6.45) is 7.36. The van der Waals surface area contributed by atoms with Gasteiger partial charge in [0.05, 0.1) is 11.6 Å². The molecule has 2 aromatic heterocycles. The summed E-state index contributed by atoms with van der Waals surface area (Å²) in [5, 5.41) is 0.998. The lowest BCUT2D eigenvalue weighted by atomic mass is 10.3. The normalized spacial score (nSPS) is 15.6. The molecule has 126 valence electrons. The highest BCUT2D eigenvalue weighted by molar-refractivity contribution is 7.98. The molecular weight excluding hydrogens is 322 g/mol. The SMILES string of the molecule is CSc1cc(CN=C(N)N2CCN(c3ncccn3)CC2)ccn1. The quantitative estimate of drug-likeness (QED) is 0.508. The predicted octanol–water partition coefficient (Wildman–Crippen LogP) is 1.23.